The van der Waals surface area contributed by atoms with Crippen LogP contribution in [0.5, 0.6) is 11.5 Å². The van der Waals surface area contributed by atoms with Crippen LogP contribution >= 0.6 is 15.9 Å². The first-order valence-electron chi connectivity index (χ1n) is 7.52. The van der Waals surface area contributed by atoms with Gasteiger partial charge in [0.15, 0.2) is 0 Å². The first-order chi connectivity index (χ1) is 12.8. The van der Waals surface area contributed by atoms with Gasteiger partial charge in [-0.2, -0.15) is 0 Å². The maximum atomic E-state index is 11.2. The zero-order chi connectivity index (χ0) is 20.6. The van der Waals surface area contributed by atoms with Gasteiger partial charge >= 0.3 is 11.9 Å². The number of esters is 2. The Balaban J connectivity index is 0.000000271. The second-order valence-corrected chi connectivity index (χ2v) is 5.87. The van der Waals surface area contributed by atoms with Crippen LogP contribution in [0.2, 0.25) is 0 Å². The summed E-state index contributed by atoms with van der Waals surface area (Å²) in [4.78, 5) is 22.3. The van der Waals surface area contributed by atoms with E-state index in [9.17, 15) is 9.59 Å². The second-order valence-electron chi connectivity index (χ2n) is 5.01. The molecular formula is C18H21BrN2O6. The summed E-state index contributed by atoms with van der Waals surface area (Å²) in [5.41, 5.74) is 13.0. The first-order valence-corrected chi connectivity index (χ1v) is 8.31. The number of anilines is 2. The van der Waals surface area contributed by atoms with Crippen molar-refractivity contribution >= 4 is 39.2 Å². The number of carbonyl (C=O) groups excluding carboxylic acids is 2. The van der Waals surface area contributed by atoms with E-state index in [1.807, 2.05) is 0 Å². The van der Waals surface area contributed by atoms with Crippen LogP contribution in [0.1, 0.15) is 20.7 Å². The maximum absolute atomic E-state index is 11.2. The van der Waals surface area contributed by atoms with Crippen molar-refractivity contribution in [1.29, 1.82) is 0 Å². The fraction of sp³-hybridized carbons (Fsp3) is 0.222. The lowest BCUT2D eigenvalue weighted by Crippen LogP contribution is -2.03. The van der Waals surface area contributed by atoms with Crippen molar-refractivity contribution < 1.29 is 28.5 Å². The van der Waals surface area contributed by atoms with Crippen molar-refractivity contribution in [3.63, 3.8) is 0 Å². The summed E-state index contributed by atoms with van der Waals surface area (Å²) in [6.45, 7) is 0. The van der Waals surface area contributed by atoms with Crippen LogP contribution in [-0.2, 0) is 9.47 Å². The molecule has 0 spiro atoms. The van der Waals surface area contributed by atoms with Crippen molar-refractivity contribution in [2.75, 3.05) is 39.9 Å². The van der Waals surface area contributed by atoms with Crippen LogP contribution in [0.4, 0.5) is 11.4 Å². The molecule has 0 saturated carbocycles. The fourth-order valence-electron chi connectivity index (χ4n) is 1.95. The summed E-state index contributed by atoms with van der Waals surface area (Å²) in [7, 11) is 5.62. The molecule has 0 aliphatic carbocycles. The third-order valence-electron chi connectivity index (χ3n) is 3.39. The molecule has 0 saturated heterocycles. The number of benzene rings is 2. The van der Waals surface area contributed by atoms with Crippen LogP contribution < -0.4 is 20.9 Å². The molecule has 8 nitrogen and oxygen atoms in total. The molecule has 2 rings (SSSR count). The zero-order valence-electron chi connectivity index (χ0n) is 15.4. The fourth-order valence-corrected chi connectivity index (χ4v) is 2.40. The monoisotopic (exact) mass is 440 g/mol. The average Bonchev–Trinajstić information content (AvgIpc) is 2.69. The Kier molecular flexibility index (Phi) is 8.40. The third-order valence-corrected chi connectivity index (χ3v) is 4.04. The Morgan fingerprint density at radius 1 is 0.815 bits per heavy atom. The number of rotatable bonds is 4. The van der Waals surface area contributed by atoms with Crippen LogP contribution in [0.25, 0.3) is 0 Å². The highest BCUT2D eigenvalue weighted by atomic mass is 79.9. The Hall–Kier alpha value is -2.94. The first kappa shape index (κ1) is 22.1. The van der Waals surface area contributed by atoms with E-state index >= 15 is 0 Å². The molecule has 0 amide bonds. The van der Waals surface area contributed by atoms with E-state index in [1.54, 1.807) is 24.3 Å². The maximum Gasteiger partial charge on any atom is 0.338 e. The van der Waals surface area contributed by atoms with Gasteiger partial charge in [0.2, 0.25) is 0 Å². The predicted molar refractivity (Wildman–Crippen MR) is 105 cm³/mol. The van der Waals surface area contributed by atoms with E-state index in [1.165, 1.54) is 34.5 Å². The Morgan fingerprint density at radius 3 is 1.85 bits per heavy atom. The van der Waals surface area contributed by atoms with Gasteiger partial charge < -0.3 is 30.4 Å². The summed E-state index contributed by atoms with van der Waals surface area (Å²) >= 11 is 3.22. The van der Waals surface area contributed by atoms with Gasteiger partial charge in [-0.3, -0.25) is 0 Å². The molecule has 0 unspecified atom stereocenters. The van der Waals surface area contributed by atoms with Crippen molar-refractivity contribution in [2.24, 2.45) is 0 Å². The molecule has 2 aromatic rings. The quantitative estimate of drug-likeness (QED) is 0.549. The predicted octanol–water partition coefficient (Wildman–Crippen LogP) is 2.89. The van der Waals surface area contributed by atoms with Crippen LogP contribution in [0.15, 0.2) is 34.8 Å². The summed E-state index contributed by atoms with van der Waals surface area (Å²) in [5, 5.41) is 0. The lowest BCUT2D eigenvalue weighted by molar-refractivity contribution is 0.0591. The highest BCUT2D eigenvalue weighted by Gasteiger charge is 2.12. The van der Waals surface area contributed by atoms with E-state index in [0.717, 1.165) is 0 Å². The molecule has 0 heterocycles. The molecule has 0 atom stereocenters. The van der Waals surface area contributed by atoms with E-state index in [2.05, 4.69) is 25.4 Å². The van der Waals surface area contributed by atoms with Crippen LogP contribution in [0, 0.1) is 0 Å². The Bertz CT molecular complexity index is 826. The molecular weight excluding hydrogens is 420 g/mol. The molecule has 146 valence electrons. The molecule has 4 N–H and O–H groups in total. The van der Waals surface area contributed by atoms with Gasteiger partial charge in [0, 0.05) is 4.47 Å². The van der Waals surface area contributed by atoms with Gasteiger partial charge in [0.25, 0.3) is 0 Å². The minimum Gasteiger partial charge on any atom is -0.495 e. The van der Waals surface area contributed by atoms with Crippen molar-refractivity contribution in [3.05, 3.63) is 45.9 Å². The van der Waals surface area contributed by atoms with E-state index in [0.29, 0.717) is 38.5 Å². The molecule has 0 bridgehead atoms. The van der Waals surface area contributed by atoms with Crippen molar-refractivity contribution in [3.8, 4) is 11.5 Å². The number of nitrogens with two attached hydrogens (primary N) is 2. The molecule has 0 fully saturated rings. The summed E-state index contributed by atoms with van der Waals surface area (Å²) in [6.07, 6.45) is 0. The van der Waals surface area contributed by atoms with Gasteiger partial charge in [-0.1, -0.05) is 0 Å². The topological polar surface area (TPSA) is 123 Å². The Morgan fingerprint density at radius 2 is 1.33 bits per heavy atom. The molecule has 0 aliphatic heterocycles. The molecule has 0 radical (unpaired) electrons. The average molecular weight is 441 g/mol. The minimum atomic E-state index is -0.427. The van der Waals surface area contributed by atoms with Gasteiger partial charge in [-0.25, -0.2) is 9.59 Å². The Labute approximate surface area is 165 Å². The lowest BCUT2D eigenvalue weighted by Gasteiger charge is -2.08. The molecule has 0 aromatic heterocycles. The molecule has 2 aromatic carbocycles. The van der Waals surface area contributed by atoms with Crippen molar-refractivity contribution in [2.45, 2.75) is 0 Å². The highest BCUT2D eigenvalue weighted by Crippen LogP contribution is 2.31. The summed E-state index contributed by atoms with van der Waals surface area (Å²) < 4.78 is 19.7. The number of halogens is 1. The van der Waals surface area contributed by atoms with Crippen LogP contribution in [0.3, 0.4) is 0 Å². The minimum absolute atomic E-state index is 0.394. The third kappa shape index (κ3) is 5.78. The largest absolute Gasteiger partial charge is 0.495 e. The van der Waals surface area contributed by atoms with Crippen LogP contribution in [-0.4, -0.2) is 40.4 Å². The number of hydrogen-bond acceptors (Lipinski definition) is 8. The summed E-state index contributed by atoms with van der Waals surface area (Å²) in [5.74, 6) is 0.0879. The smallest absolute Gasteiger partial charge is 0.338 e. The summed E-state index contributed by atoms with van der Waals surface area (Å²) in [6, 6.07) is 7.85. The SMILES string of the molecule is COC(=O)c1cc(Br)c(N)c(OC)c1.COC(=O)c1ccc(N)c(OC)c1. The number of nitrogen functional groups attached to an aromatic ring is 2. The zero-order valence-corrected chi connectivity index (χ0v) is 17.0. The van der Waals surface area contributed by atoms with Gasteiger partial charge in [-0.15, -0.1) is 0 Å². The number of carbonyl (C=O) groups is 2. The normalized spacial score (nSPS) is 9.52. The van der Waals surface area contributed by atoms with Gasteiger partial charge in [0.1, 0.15) is 11.5 Å². The molecule has 27 heavy (non-hydrogen) atoms. The van der Waals surface area contributed by atoms with E-state index in [-0.39, 0.29) is 0 Å². The second kappa shape index (κ2) is 10.3. The lowest BCUT2D eigenvalue weighted by atomic mass is 10.2. The molecule has 9 heteroatoms. The highest BCUT2D eigenvalue weighted by molar-refractivity contribution is 9.10. The van der Waals surface area contributed by atoms with Gasteiger partial charge in [0.05, 0.1) is 50.9 Å². The van der Waals surface area contributed by atoms with Gasteiger partial charge in [-0.05, 0) is 46.3 Å². The van der Waals surface area contributed by atoms with E-state index in [4.69, 9.17) is 20.9 Å². The molecule has 0 aliphatic rings. The van der Waals surface area contributed by atoms with Crippen molar-refractivity contribution in [1.82, 2.24) is 0 Å². The number of ether oxygens (including phenoxy) is 4. The standard InChI is InChI=1S/C9H10BrNO3.C9H11NO3/c1-13-7-4-5(9(12)14-2)3-6(10)8(7)11;1-12-8-5-6(9(11)13-2)3-4-7(8)10/h3-4H,11H2,1-2H3;3-5H,10H2,1-2H3. The number of hydrogen-bond donors (Lipinski definition) is 2. The number of methoxy groups -OCH3 is 4. The van der Waals surface area contributed by atoms with E-state index < -0.39 is 11.9 Å².